The van der Waals surface area contributed by atoms with Crippen molar-refractivity contribution in [1.29, 1.82) is 0 Å². The number of hydrogen-bond acceptors (Lipinski definition) is 1. The van der Waals surface area contributed by atoms with Crippen molar-refractivity contribution in [1.82, 2.24) is 0 Å². The highest BCUT2D eigenvalue weighted by Crippen LogP contribution is 2.13. The second-order valence-corrected chi connectivity index (χ2v) is 3.81. The Morgan fingerprint density at radius 3 is 2.33 bits per heavy atom. The first-order valence-corrected chi connectivity index (χ1v) is 5.35. The van der Waals surface area contributed by atoms with Gasteiger partial charge in [0.25, 0.3) is 0 Å². The molecule has 0 aliphatic rings. The van der Waals surface area contributed by atoms with E-state index in [1.165, 1.54) is 6.08 Å². The minimum Gasteiger partial charge on any atom is -0.289 e. The third-order valence-corrected chi connectivity index (χ3v) is 2.67. The lowest BCUT2D eigenvalue weighted by Gasteiger charge is -1.95. The zero-order valence-electron chi connectivity index (χ0n) is 9.09. The molecule has 0 fully saturated rings. The zero-order valence-corrected chi connectivity index (χ0v) is 10.7. The fourth-order valence-electron chi connectivity index (χ4n) is 0.832. The summed E-state index contributed by atoms with van der Waals surface area (Å²) in [5, 5.41) is 0. The van der Waals surface area contributed by atoms with Crippen molar-refractivity contribution in [3.63, 3.8) is 0 Å². The van der Waals surface area contributed by atoms with E-state index in [1.54, 1.807) is 24.3 Å². The van der Waals surface area contributed by atoms with Crippen LogP contribution in [0.15, 0.2) is 59.2 Å². The molecule has 0 aromatic carbocycles. The molecule has 0 bridgehead atoms. The van der Waals surface area contributed by atoms with Gasteiger partial charge in [-0.15, -0.1) is 0 Å². The monoisotopic (exact) mass is 266 g/mol. The van der Waals surface area contributed by atoms with Gasteiger partial charge in [0.15, 0.2) is 5.78 Å². The predicted molar refractivity (Wildman–Crippen MR) is 69.9 cm³/mol. The zero-order chi connectivity index (χ0) is 11.8. The van der Waals surface area contributed by atoms with Crippen molar-refractivity contribution in [2.45, 2.75) is 13.8 Å². The Balaban J connectivity index is 4.62. The van der Waals surface area contributed by atoms with E-state index < -0.39 is 0 Å². The Labute approximate surface area is 99.7 Å². The number of carbonyl (C=O) groups is 1. The van der Waals surface area contributed by atoms with E-state index in [2.05, 4.69) is 29.1 Å². The van der Waals surface area contributed by atoms with Gasteiger partial charge >= 0.3 is 0 Å². The largest absolute Gasteiger partial charge is 0.289 e. The lowest BCUT2D eigenvalue weighted by Crippen LogP contribution is -1.93. The summed E-state index contributed by atoms with van der Waals surface area (Å²) in [4.78, 5) is 11.4. The SMILES string of the molecule is C=C/C(Br)=C(C)/C=C/C(=O)C(=C)/C=C\C. The first-order valence-electron chi connectivity index (χ1n) is 4.55. The summed E-state index contributed by atoms with van der Waals surface area (Å²) < 4.78 is 0.878. The van der Waals surface area contributed by atoms with E-state index in [4.69, 9.17) is 0 Å². The average Bonchev–Trinajstić information content (AvgIpc) is 2.24. The summed E-state index contributed by atoms with van der Waals surface area (Å²) >= 11 is 3.32. The highest BCUT2D eigenvalue weighted by Gasteiger charge is 1.98. The molecule has 0 rings (SSSR count). The van der Waals surface area contributed by atoms with Crippen molar-refractivity contribution in [2.24, 2.45) is 0 Å². The summed E-state index contributed by atoms with van der Waals surface area (Å²) in [6.45, 7) is 11.0. The van der Waals surface area contributed by atoms with Gasteiger partial charge in [-0.05, 0) is 25.5 Å². The third kappa shape index (κ3) is 5.33. The molecule has 0 radical (unpaired) electrons. The van der Waals surface area contributed by atoms with Crippen LogP contribution in [-0.4, -0.2) is 5.78 Å². The van der Waals surface area contributed by atoms with Crippen LogP contribution in [-0.2, 0) is 4.79 Å². The number of allylic oxidation sites excluding steroid dienone is 8. The molecule has 0 saturated carbocycles. The molecule has 80 valence electrons. The van der Waals surface area contributed by atoms with Crippen LogP contribution >= 0.6 is 15.9 Å². The standard InChI is InChI=1S/C13H15BrO/c1-5-7-11(4)13(15)9-8-10(3)12(14)6-2/h5-9H,2,4H2,1,3H3/b7-5-,9-8+,12-10-. The van der Waals surface area contributed by atoms with Crippen LogP contribution in [0.4, 0.5) is 0 Å². The molecule has 0 heterocycles. The molecule has 0 aliphatic carbocycles. The van der Waals surface area contributed by atoms with E-state index in [1.807, 2.05) is 13.8 Å². The molecule has 2 heteroatoms. The van der Waals surface area contributed by atoms with E-state index in [0.29, 0.717) is 5.57 Å². The van der Waals surface area contributed by atoms with Crippen molar-refractivity contribution in [2.75, 3.05) is 0 Å². The van der Waals surface area contributed by atoms with Crippen molar-refractivity contribution < 1.29 is 4.79 Å². The van der Waals surface area contributed by atoms with Gasteiger partial charge in [-0.3, -0.25) is 4.79 Å². The number of ketones is 1. The van der Waals surface area contributed by atoms with Crippen LogP contribution in [0.25, 0.3) is 0 Å². The second-order valence-electron chi connectivity index (χ2n) is 2.96. The van der Waals surface area contributed by atoms with Gasteiger partial charge in [0.05, 0.1) is 0 Å². The van der Waals surface area contributed by atoms with Crippen LogP contribution in [0.3, 0.4) is 0 Å². The summed E-state index contributed by atoms with van der Waals surface area (Å²) in [7, 11) is 0. The van der Waals surface area contributed by atoms with E-state index in [-0.39, 0.29) is 5.78 Å². The first-order chi connectivity index (χ1) is 7.02. The molecule has 0 N–H and O–H groups in total. The molecule has 0 aromatic rings. The third-order valence-electron chi connectivity index (χ3n) is 1.72. The van der Waals surface area contributed by atoms with Crippen molar-refractivity contribution in [3.05, 3.63) is 59.2 Å². The Hall–Kier alpha value is -1.15. The number of halogens is 1. The molecule has 15 heavy (non-hydrogen) atoms. The van der Waals surface area contributed by atoms with Crippen molar-refractivity contribution >= 4 is 21.7 Å². The van der Waals surface area contributed by atoms with Gasteiger partial charge in [-0.2, -0.15) is 0 Å². The molecular formula is C13H15BrO. The minimum atomic E-state index is -0.0863. The van der Waals surface area contributed by atoms with Crippen LogP contribution in [0.2, 0.25) is 0 Å². The van der Waals surface area contributed by atoms with Crippen LogP contribution in [0, 0.1) is 0 Å². The highest BCUT2D eigenvalue weighted by molar-refractivity contribution is 9.11. The molecular weight excluding hydrogens is 252 g/mol. The maximum Gasteiger partial charge on any atom is 0.185 e. The number of carbonyl (C=O) groups excluding carboxylic acids is 1. The van der Waals surface area contributed by atoms with E-state index >= 15 is 0 Å². The quantitative estimate of drug-likeness (QED) is 0.541. The molecule has 0 unspecified atom stereocenters. The van der Waals surface area contributed by atoms with Gasteiger partial charge in [-0.1, -0.05) is 53.4 Å². The fraction of sp³-hybridized carbons (Fsp3) is 0.154. The van der Waals surface area contributed by atoms with Crippen LogP contribution < -0.4 is 0 Å². The Kier molecular flexibility index (Phi) is 6.63. The molecule has 1 nitrogen and oxygen atoms in total. The smallest absolute Gasteiger partial charge is 0.185 e. The summed E-state index contributed by atoms with van der Waals surface area (Å²) in [5.41, 5.74) is 1.43. The first kappa shape index (κ1) is 13.8. The average molecular weight is 267 g/mol. The summed E-state index contributed by atoms with van der Waals surface area (Å²) in [6, 6.07) is 0. The highest BCUT2D eigenvalue weighted by atomic mass is 79.9. The topological polar surface area (TPSA) is 17.1 Å². The predicted octanol–water partition coefficient (Wildman–Crippen LogP) is 4.10. The van der Waals surface area contributed by atoms with Gasteiger partial charge in [0, 0.05) is 10.1 Å². The van der Waals surface area contributed by atoms with Crippen LogP contribution in [0.1, 0.15) is 13.8 Å². The lowest BCUT2D eigenvalue weighted by molar-refractivity contribution is -0.111. The van der Waals surface area contributed by atoms with Gasteiger partial charge in [-0.25, -0.2) is 0 Å². The summed E-state index contributed by atoms with van der Waals surface area (Å²) in [5.74, 6) is -0.0863. The van der Waals surface area contributed by atoms with E-state index in [9.17, 15) is 4.79 Å². The molecule has 0 saturated heterocycles. The fourth-order valence-corrected chi connectivity index (χ4v) is 0.964. The molecule has 0 atom stereocenters. The van der Waals surface area contributed by atoms with Gasteiger partial charge in [0.1, 0.15) is 0 Å². The van der Waals surface area contributed by atoms with Gasteiger partial charge in [0.2, 0.25) is 0 Å². The normalized spacial score (nSPS) is 13.0. The Morgan fingerprint density at radius 1 is 1.27 bits per heavy atom. The van der Waals surface area contributed by atoms with Gasteiger partial charge < -0.3 is 0 Å². The maximum atomic E-state index is 11.4. The Bertz CT molecular complexity index is 357. The summed E-state index contributed by atoms with van der Waals surface area (Å²) in [6.07, 6.45) is 8.40. The van der Waals surface area contributed by atoms with E-state index in [0.717, 1.165) is 10.1 Å². The molecule has 0 spiro atoms. The second kappa shape index (κ2) is 7.18. The molecule has 0 amide bonds. The number of hydrogen-bond donors (Lipinski definition) is 0. The molecule has 0 aliphatic heterocycles. The Morgan fingerprint density at radius 2 is 1.87 bits per heavy atom. The van der Waals surface area contributed by atoms with Crippen LogP contribution in [0.5, 0.6) is 0 Å². The van der Waals surface area contributed by atoms with Crippen molar-refractivity contribution in [3.8, 4) is 0 Å². The molecule has 0 aromatic heterocycles. The number of rotatable bonds is 5. The lowest BCUT2D eigenvalue weighted by atomic mass is 10.1. The maximum absolute atomic E-state index is 11.4. The minimum absolute atomic E-state index is 0.0863.